The molecule has 2 nitrogen and oxygen atoms in total. The van der Waals surface area contributed by atoms with E-state index in [1.807, 2.05) is 87.7 Å². The van der Waals surface area contributed by atoms with E-state index in [2.05, 4.69) is 85.0 Å². The molecule has 20 radical (unpaired) electrons. The first-order valence-corrected chi connectivity index (χ1v) is 16.2. The zero-order valence-electron chi connectivity index (χ0n) is 26.3. The molecule has 6 heteroatoms. The van der Waals surface area contributed by atoms with Gasteiger partial charge in [0.15, 0.2) is 0 Å². The topological polar surface area (TPSA) is 23.5 Å². The standard InChI is InChI=1S/C26H41NOS2.2C5H5.2Fe/c1-25(2,3)29-23-15-11-13-21(23)19-27(17-9-7-8-10-18-28)20-22-14-12-16-24(22)30-26(4,5)6;2*1-2-4-5-3-1;;/h11-16,28H,7-10,17-20H2,1-6H3;2*1-5H;;/q;;;2*+2. The van der Waals surface area contributed by atoms with Gasteiger partial charge in [-0.3, -0.25) is 0 Å². The number of hydrogen-bond acceptors (Lipinski definition) is 4. The van der Waals surface area contributed by atoms with Crippen LogP contribution in [0.5, 0.6) is 0 Å². The summed E-state index contributed by atoms with van der Waals surface area (Å²) in [6.07, 6.45) is 37.9. The summed E-state index contributed by atoms with van der Waals surface area (Å²) in [5.74, 6) is 2.89. The molecule has 0 aromatic carbocycles. The van der Waals surface area contributed by atoms with Crippen LogP contribution in [0.4, 0.5) is 0 Å². The van der Waals surface area contributed by atoms with E-state index in [-0.39, 0.29) is 43.6 Å². The zero-order valence-corrected chi connectivity index (χ0v) is 30.2. The second-order valence-corrected chi connectivity index (χ2v) is 15.8. The first-order valence-electron chi connectivity index (χ1n) is 14.6. The molecule has 4 saturated carbocycles. The summed E-state index contributed by atoms with van der Waals surface area (Å²) >= 11 is 3.94. The van der Waals surface area contributed by atoms with Crippen molar-refractivity contribution in [3.8, 4) is 0 Å². The Morgan fingerprint density at radius 2 is 0.881 bits per heavy atom. The van der Waals surface area contributed by atoms with Crippen molar-refractivity contribution in [2.24, 2.45) is 0 Å². The van der Waals surface area contributed by atoms with Crippen LogP contribution in [0, 0.1) is 125 Å². The molecule has 0 aromatic rings. The fraction of sp³-hybridized carbons (Fsp3) is 0.444. The molecule has 0 aliphatic heterocycles. The Morgan fingerprint density at radius 1 is 0.524 bits per heavy atom. The maximum Gasteiger partial charge on any atom is 2.00 e. The molecule has 4 rings (SSSR count). The van der Waals surface area contributed by atoms with Gasteiger partial charge < -0.3 is 10.0 Å². The van der Waals surface area contributed by atoms with Gasteiger partial charge in [-0.2, -0.15) is 0 Å². The SMILES string of the molecule is CC(C)(C)S[C]1[CH][CH][CH][C]1CN(CCCCCCO)C[C]1[CH][CH][CH][C]1SC(C)(C)C.[CH]1[CH][CH][CH][CH]1.[CH]1[CH][CH][CH][CH]1.[Fe+2].[Fe+2]. The average molecular weight is 690 g/mol. The van der Waals surface area contributed by atoms with Crippen molar-refractivity contribution in [2.75, 3.05) is 26.2 Å². The van der Waals surface area contributed by atoms with E-state index in [1.165, 1.54) is 35.2 Å². The van der Waals surface area contributed by atoms with Gasteiger partial charge in [-0.1, -0.05) is 54.4 Å². The van der Waals surface area contributed by atoms with E-state index in [0.29, 0.717) is 6.61 Å². The van der Waals surface area contributed by atoms with Crippen LogP contribution in [0.25, 0.3) is 0 Å². The molecule has 0 unspecified atom stereocenters. The van der Waals surface area contributed by atoms with Crippen LogP contribution in [-0.4, -0.2) is 45.7 Å². The Hall–Kier alpha value is 1.66. The van der Waals surface area contributed by atoms with Gasteiger partial charge in [0.1, 0.15) is 0 Å². The maximum atomic E-state index is 9.05. The molecule has 1 N–H and O–H groups in total. The summed E-state index contributed by atoms with van der Waals surface area (Å²) in [6, 6.07) is 0. The van der Waals surface area contributed by atoms with Crippen molar-refractivity contribution in [3.63, 3.8) is 0 Å². The van der Waals surface area contributed by atoms with Crippen molar-refractivity contribution < 1.29 is 39.2 Å². The number of rotatable bonds is 12. The molecule has 0 heterocycles. The summed E-state index contributed by atoms with van der Waals surface area (Å²) in [5.41, 5.74) is 0. The number of aliphatic hydroxyl groups is 1. The molecular formula is C36H51Fe2NOS2+4. The van der Waals surface area contributed by atoms with Crippen molar-refractivity contribution in [1.82, 2.24) is 4.90 Å². The van der Waals surface area contributed by atoms with Crippen molar-refractivity contribution in [2.45, 2.75) is 76.7 Å². The Bertz CT molecular complexity index is 555. The summed E-state index contributed by atoms with van der Waals surface area (Å²) in [6.45, 7) is 17.1. The molecule has 0 atom stereocenters. The zero-order chi connectivity index (χ0) is 29.3. The van der Waals surface area contributed by atoms with Crippen molar-refractivity contribution >= 4 is 23.5 Å². The molecule has 0 aromatic heterocycles. The number of thioether (sulfide) groups is 2. The quantitative estimate of drug-likeness (QED) is 0.164. The van der Waals surface area contributed by atoms with Crippen molar-refractivity contribution in [3.05, 3.63) is 125 Å². The van der Waals surface area contributed by atoms with Gasteiger partial charge in [-0.25, -0.2) is 0 Å². The number of nitrogens with zero attached hydrogens (tertiary/aromatic N) is 1. The molecule has 230 valence electrons. The predicted octanol–water partition coefficient (Wildman–Crippen LogP) is 8.41. The van der Waals surface area contributed by atoms with Crippen LogP contribution in [0.2, 0.25) is 0 Å². The van der Waals surface area contributed by atoms with Crippen LogP contribution in [0.3, 0.4) is 0 Å². The van der Waals surface area contributed by atoms with Gasteiger partial charge >= 0.3 is 34.1 Å². The monoisotopic (exact) mass is 689 g/mol. The number of hydrogen-bond donors (Lipinski definition) is 1. The van der Waals surface area contributed by atoms with Gasteiger partial charge in [-0.05, 0) is 122 Å². The average Bonchev–Trinajstić information content (AvgIpc) is 3.68. The Balaban J connectivity index is 0.00000117. The summed E-state index contributed by atoms with van der Waals surface area (Å²) in [5, 5.41) is 11.9. The third-order valence-corrected chi connectivity index (χ3v) is 8.30. The van der Waals surface area contributed by atoms with E-state index >= 15 is 0 Å². The van der Waals surface area contributed by atoms with Crippen LogP contribution in [-0.2, 0) is 34.1 Å². The van der Waals surface area contributed by atoms with E-state index in [4.69, 9.17) is 5.11 Å². The van der Waals surface area contributed by atoms with Crippen LogP contribution < -0.4 is 0 Å². The van der Waals surface area contributed by atoms with Gasteiger partial charge in [0.2, 0.25) is 0 Å². The van der Waals surface area contributed by atoms with E-state index in [9.17, 15) is 0 Å². The van der Waals surface area contributed by atoms with E-state index in [0.717, 1.165) is 32.5 Å². The third kappa shape index (κ3) is 21.5. The maximum absolute atomic E-state index is 9.05. The van der Waals surface area contributed by atoms with Gasteiger partial charge in [0.05, 0.1) is 0 Å². The largest absolute Gasteiger partial charge is 2.00 e. The Morgan fingerprint density at radius 3 is 1.21 bits per heavy atom. The Kier molecular flexibility index (Phi) is 25.8. The van der Waals surface area contributed by atoms with Crippen molar-refractivity contribution in [1.29, 1.82) is 0 Å². The molecule has 0 bridgehead atoms. The first kappa shape index (κ1) is 43.7. The van der Waals surface area contributed by atoms with E-state index in [1.54, 1.807) is 0 Å². The molecular weight excluding hydrogens is 638 g/mol. The molecule has 4 aliphatic carbocycles. The van der Waals surface area contributed by atoms with Gasteiger partial charge in [-0.15, -0.1) is 23.5 Å². The summed E-state index contributed by atoms with van der Waals surface area (Å²) < 4.78 is 0.445. The second-order valence-electron chi connectivity index (χ2n) is 12.0. The minimum atomic E-state index is 0. The summed E-state index contributed by atoms with van der Waals surface area (Å²) in [4.78, 5) is 2.61. The second kappa shape index (κ2) is 24.8. The normalized spacial score (nSPS) is 20.6. The molecule has 4 aliphatic rings. The molecule has 0 amide bonds. The molecule has 0 spiro atoms. The predicted molar refractivity (Wildman–Crippen MR) is 178 cm³/mol. The minimum absolute atomic E-state index is 0. The molecule has 0 saturated heterocycles. The fourth-order valence-corrected chi connectivity index (χ4v) is 6.28. The Labute approximate surface area is 293 Å². The number of unbranched alkanes of at least 4 members (excludes halogenated alkanes) is 3. The third-order valence-electron chi connectivity index (χ3n) is 5.84. The van der Waals surface area contributed by atoms with Crippen LogP contribution in [0.1, 0.15) is 67.2 Å². The fourth-order valence-electron chi connectivity index (χ4n) is 4.14. The van der Waals surface area contributed by atoms with Crippen LogP contribution in [0.15, 0.2) is 0 Å². The van der Waals surface area contributed by atoms with E-state index < -0.39 is 0 Å². The molecule has 42 heavy (non-hydrogen) atoms. The smallest absolute Gasteiger partial charge is 0.396 e. The van der Waals surface area contributed by atoms with Gasteiger partial charge in [0, 0.05) is 51.5 Å². The molecule has 4 fully saturated rings. The minimum Gasteiger partial charge on any atom is -0.396 e. The van der Waals surface area contributed by atoms with Gasteiger partial charge in [0.25, 0.3) is 0 Å². The summed E-state index contributed by atoms with van der Waals surface area (Å²) in [7, 11) is 0. The number of aliphatic hydroxyl groups excluding tert-OH is 1. The first-order chi connectivity index (χ1) is 19.1. The van der Waals surface area contributed by atoms with Crippen LogP contribution >= 0.6 is 23.5 Å².